The number of nitrogens with one attached hydrogen (secondary N) is 1. The monoisotopic (exact) mass is 269 g/mol. The van der Waals surface area contributed by atoms with Crippen molar-refractivity contribution in [2.45, 2.75) is 58.7 Å². The lowest BCUT2D eigenvalue weighted by molar-refractivity contribution is 0.00751. The van der Waals surface area contributed by atoms with E-state index in [1.807, 2.05) is 0 Å². The van der Waals surface area contributed by atoms with Crippen LogP contribution in [0.2, 0.25) is 0 Å². The SMILES string of the molecule is CCCNc1snnc1COC1CCC(C)CC1. The Balaban J connectivity index is 1.77. The minimum absolute atomic E-state index is 0.418. The molecule has 0 unspecified atom stereocenters. The van der Waals surface area contributed by atoms with Gasteiger partial charge in [-0.2, -0.15) is 0 Å². The van der Waals surface area contributed by atoms with Crippen LogP contribution in [0.25, 0.3) is 0 Å². The van der Waals surface area contributed by atoms with Crippen molar-refractivity contribution >= 4 is 16.5 Å². The Morgan fingerprint density at radius 3 is 2.83 bits per heavy atom. The van der Waals surface area contributed by atoms with Gasteiger partial charge in [0.2, 0.25) is 0 Å². The van der Waals surface area contributed by atoms with Crippen molar-refractivity contribution in [2.24, 2.45) is 5.92 Å². The molecule has 0 bridgehead atoms. The molecule has 0 amide bonds. The first-order valence-corrected chi connectivity index (χ1v) is 7.73. The van der Waals surface area contributed by atoms with Crippen LogP contribution in [0.4, 0.5) is 5.00 Å². The maximum absolute atomic E-state index is 5.96. The standard InChI is InChI=1S/C13H23N3OS/c1-3-8-14-13-12(15-16-18-13)9-17-11-6-4-10(2)5-7-11/h10-11,14H,3-9H2,1-2H3. The van der Waals surface area contributed by atoms with Crippen molar-refractivity contribution in [2.75, 3.05) is 11.9 Å². The number of rotatable bonds is 6. The first-order chi connectivity index (χ1) is 8.79. The van der Waals surface area contributed by atoms with E-state index in [4.69, 9.17) is 4.74 Å². The highest BCUT2D eigenvalue weighted by Gasteiger charge is 2.19. The van der Waals surface area contributed by atoms with Gasteiger partial charge in [0.05, 0.1) is 12.7 Å². The van der Waals surface area contributed by atoms with E-state index in [9.17, 15) is 0 Å². The van der Waals surface area contributed by atoms with E-state index in [-0.39, 0.29) is 0 Å². The van der Waals surface area contributed by atoms with Crippen LogP contribution in [0.1, 0.15) is 51.6 Å². The molecule has 0 aliphatic heterocycles. The van der Waals surface area contributed by atoms with Crippen molar-refractivity contribution in [1.29, 1.82) is 0 Å². The van der Waals surface area contributed by atoms with Gasteiger partial charge in [-0.15, -0.1) is 5.10 Å². The summed E-state index contributed by atoms with van der Waals surface area (Å²) in [5, 5.41) is 8.57. The number of anilines is 1. The fourth-order valence-electron chi connectivity index (χ4n) is 2.27. The van der Waals surface area contributed by atoms with Gasteiger partial charge in [-0.3, -0.25) is 0 Å². The van der Waals surface area contributed by atoms with E-state index < -0.39 is 0 Å². The largest absolute Gasteiger partial charge is 0.374 e. The third-order valence-electron chi connectivity index (χ3n) is 3.51. The van der Waals surface area contributed by atoms with Gasteiger partial charge in [-0.05, 0) is 38.0 Å². The molecule has 1 aromatic heterocycles. The number of nitrogens with zero attached hydrogens (tertiary/aromatic N) is 2. The maximum Gasteiger partial charge on any atom is 0.135 e. The van der Waals surface area contributed by atoms with Gasteiger partial charge < -0.3 is 10.1 Å². The molecule has 102 valence electrons. The number of hydrogen-bond acceptors (Lipinski definition) is 5. The van der Waals surface area contributed by atoms with Gasteiger partial charge in [-0.25, -0.2) is 0 Å². The van der Waals surface area contributed by atoms with Gasteiger partial charge in [0, 0.05) is 18.1 Å². The fraction of sp³-hybridized carbons (Fsp3) is 0.846. The summed E-state index contributed by atoms with van der Waals surface area (Å²) in [4.78, 5) is 0. The van der Waals surface area contributed by atoms with Crippen LogP contribution >= 0.6 is 11.5 Å². The molecule has 1 aliphatic carbocycles. The molecule has 1 fully saturated rings. The van der Waals surface area contributed by atoms with Crippen LogP contribution in [0, 0.1) is 5.92 Å². The quantitative estimate of drug-likeness (QED) is 0.859. The Hall–Kier alpha value is -0.680. The van der Waals surface area contributed by atoms with E-state index in [0.717, 1.165) is 29.6 Å². The van der Waals surface area contributed by atoms with Gasteiger partial charge in [0.25, 0.3) is 0 Å². The van der Waals surface area contributed by atoms with E-state index in [1.54, 1.807) is 0 Å². The molecule has 18 heavy (non-hydrogen) atoms. The summed E-state index contributed by atoms with van der Waals surface area (Å²) in [6.07, 6.45) is 6.50. The second kappa shape index (κ2) is 7.04. The number of aromatic nitrogens is 2. The van der Waals surface area contributed by atoms with Crippen LogP contribution in [-0.4, -0.2) is 22.2 Å². The molecule has 1 aromatic rings. The molecule has 1 heterocycles. The van der Waals surface area contributed by atoms with Crippen molar-refractivity contribution in [3.05, 3.63) is 5.69 Å². The van der Waals surface area contributed by atoms with Crippen molar-refractivity contribution in [1.82, 2.24) is 9.59 Å². The Morgan fingerprint density at radius 2 is 2.11 bits per heavy atom. The molecule has 0 radical (unpaired) electrons. The molecule has 0 spiro atoms. The number of ether oxygens (including phenoxy) is 1. The van der Waals surface area contributed by atoms with Gasteiger partial charge >= 0.3 is 0 Å². The summed E-state index contributed by atoms with van der Waals surface area (Å²) in [6, 6.07) is 0. The second-order valence-corrected chi connectivity index (χ2v) is 5.92. The third-order valence-corrected chi connectivity index (χ3v) is 4.24. The second-order valence-electron chi connectivity index (χ2n) is 5.17. The Labute approximate surface area is 113 Å². The Bertz CT molecular complexity index is 348. The summed E-state index contributed by atoms with van der Waals surface area (Å²) < 4.78 is 9.96. The number of hydrogen-bond donors (Lipinski definition) is 1. The zero-order valence-corrected chi connectivity index (χ0v) is 12.1. The first-order valence-electron chi connectivity index (χ1n) is 6.96. The van der Waals surface area contributed by atoms with Crippen LogP contribution in [0.15, 0.2) is 0 Å². The first kappa shape index (κ1) is 13.7. The van der Waals surface area contributed by atoms with Crippen LogP contribution in [0.3, 0.4) is 0 Å². The van der Waals surface area contributed by atoms with Crippen LogP contribution in [-0.2, 0) is 11.3 Å². The van der Waals surface area contributed by atoms with E-state index >= 15 is 0 Å². The molecule has 1 aliphatic rings. The molecule has 2 rings (SSSR count). The Kier molecular flexibility index (Phi) is 5.38. The summed E-state index contributed by atoms with van der Waals surface area (Å²) in [7, 11) is 0. The molecule has 0 atom stereocenters. The average Bonchev–Trinajstić information content (AvgIpc) is 2.83. The smallest absolute Gasteiger partial charge is 0.135 e. The molecule has 0 saturated heterocycles. The maximum atomic E-state index is 5.96. The summed E-state index contributed by atoms with van der Waals surface area (Å²) in [6.45, 7) is 6.05. The van der Waals surface area contributed by atoms with E-state index in [1.165, 1.54) is 37.2 Å². The average molecular weight is 269 g/mol. The summed E-state index contributed by atoms with van der Waals surface area (Å²) in [5.41, 5.74) is 0.965. The summed E-state index contributed by atoms with van der Waals surface area (Å²) >= 11 is 1.42. The molecule has 0 aromatic carbocycles. The van der Waals surface area contributed by atoms with Gasteiger partial charge in [0.1, 0.15) is 10.7 Å². The topological polar surface area (TPSA) is 47.0 Å². The van der Waals surface area contributed by atoms with Crippen molar-refractivity contribution < 1.29 is 4.74 Å². The molecular formula is C13H23N3OS. The predicted molar refractivity (Wildman–Crippen MR) is 74.9 cm³/mol. The van der Waals surface area contributed by atoms with Crippen molar-refractivity contribution in [3.8, 4) is 0 Å². The molecular weight excluding hydrogens is 246 g/mol. The van der Waals surface area contributed by atoms with Crippen LogP contribution < -0.4 is 5.32 Å². The highest BCUT2D eigenvalue weighted by atomic mass is 32.1. The third kappa shape index (κ3) is 3.92. The fourth-order valence-corrected chi connectivity index (χ4v) is 2.86. The normalized spacial score (nSPS) is 24.1. The van der Waals surface area contributed by atoms with E-state index in [2.05, 4.69) is 28.8 Å². The van der Waals surface area contributed by atoms with Gasteiger partial charge in [0.15, 0.2) is 0 Å². The zero-order valence-electron chi connectivity index (χ0n) is 11.3. The predicted octanol–water partition coefficient (Wildman–Crippen LogP) is 3.46. The lowest BCUT2D eigenvalue weighted by atomic mass is 9.89. The highest BCUT2D eigenvalue weighted by molar-refractivity contribution is 7.10. The molecule has 1 saturated carbocycles. The Morgan fingerprint density at radius 1 is 1.33 bits per heavy atom. The lowest BCUT2D eigenvalue weighted by Gasteiger charge is -2.26. The highest BCUT2D eigenvalue weighted by Crippen LogP contribution is 2.27. The molecule has 1 N–H and O–H groups in total. The molecule has 4 nitrogen and oxygen atoms in total. The van der Waals surface area contributed by atoms with Crippen LogP contribution in [0.5, 0.6) is 0 Å². The zero-order chi connectivity index (χ0) is 12.8. The lowest BCUT2D eigenvalue weighted by Crippen LogP contribution is -2.20. The van der Waals surface area contributed by atoms with E-state index in [0.29, 0.717) is 12.7 Å². The summed E-state index contributed by atoms with van der Waals surface area (Å²) in [5.74, 6) is 0.868. The minimum atomic E-state index is 0.418. The molecule has 5 heteroatoms. The minimum Gasteiger partial charge on any atom is -0.374 e. The van der Waals surface area contributed by atoms with Gasteiger partial charge in [-0.1, -0.05) is 18.3 Å². The van der Waals surface area contributed by atoms with Crippen molar-refractivity contribution in [3.63, 3.8) is 0 Å².